The van der Waals surface area contributed by atoms with Crippen LogP contribution in [0.1, 0.15) is 27.2 Å². The molecule has 2 aromatic rings. The molecule has 0 heterocycles. The molecule has 32 heavy (non-hydrogen) atoms. The Morgan fingerprint density at radius 2 is 1.81 bits per heavy atom. The van der Waals surface area contributed by atoms with Gasteiger partial charge in [0.2, 0.25) is 10.0 Å². The summed E-state index contributed by atoms with van der Waals surface area (Å²) in [4.78, 5) is 26.1. The highest BCUT2D eigenvalue weighted by Crippen LogP contribution is 2.20. The van der Waals surface area contributed by atoms with Crippen molar-refractivity contribution in [2.45, 2.75) is 38.1 Å². The third-order valence-electron chi connectivity index (χ3n) is 4.54. The van der Waals surface area contributed by atoms with Crippen LogP contribution >= 0.6 is 11.6 Å². The number of ether oxygens (including phenoxy) is 1. The molecule has 0 aliphatic rings. The van der Waals surface area contributed by atoms with Crippen LogP contribution in [0, 0.1) is 0 Å². The molecule has 2 N–H and O–H groups in total. The summed E-state index contributed by atoms with van der Waals surface area (Å²) < 4.78 is 31.5. The Morgan fingerprint density at radius 1 is 1.12 bits per heavy atom. The summed E-state index contributed by atoms with van der Waals surface area (Å²) in [5.74, 6) is -1.18. The van der Waals surface area contributed by atoms with Crippen molar-refractivity contribution < 1.29 is 22.7 Å². The standard InChI is InChI=1S/C22H28ClN3O5S/c1-4-26(16(2)3)19-10-8-18(9-11-19)25-21(27)15-31-22(28)12-13-24-32(29,30)20-7-5-6-17(23)14-20/h5-11,14,16,24H,4,12-13,15H2,1-3H3,(H,25,27). The summed E-state index contributed by atoms with van der Waals surface area (Å²) in [7, 11) is -3.79. The smallest absolute Gasteiger partial charge is 0.307 e. The zero-order valence-electron chi connectivity index (χ0n) is 18.3. The topological polar surface area (TPSA) is 105 Å². The molecule has 0 unspecified atom stereocenters. The van der Waals surface area contributed by atoms with Gasteiger partial charge in [0.25, 0.3) is 5.91 Å². The number of nitrogens with zero attached hydrogens (tertiary/aromatic N) is 1. The van der Waals surface area contributed by atoms with E-state index in [1.807, 2.05) is 12.1 Å². The number of rotatable bonds is 11. The second-order valence-electron chi connectivity index (χ2n) is 7.24. The molecule has 10 heteroatoms. The maximum absolute atomic E-state index is 12.2. The van der Waals surface area contributed by atoms with Gasteiger partial charge in [-0.2, -0.15) is 0 Å². The fourth-order valence-electron chi connectivity index (χ4n) is 3.00. The van der Waals surface area contributed by atoms with Crippen molar-refractivity contribution >= 4 is 44.9 Å². The number of anilines is 2. The van der Waals surface area contributed by atoms with Crippen molar-refractivity contribution in [1.29, 1.82) is 0 Å². The molecule has 0 bridgehead atoms. The molecule has 0 aromatic heterocycles. The largest absolute Gasteiger partial charge is 0.456 e. The average Bonchev–Trinajstić information content (AvgIpc) is 2.73. The molecule has 2 aromatic carbocycles. The summed E-state index contributed by atoms with van der Waals surface area (Å²) in [5, 5.41) is 2.95. The minimum absolute atomic E-state index is 0.000727. The van der Waals surface area contributed by atoms with E-state index in [0.717, 1.165) is 12.2 Å². The second-order valence-corrected chi connectivity index (χ2v) is 9.44. The van der Waals surface area contributed by atoms with Crippen molar-refractivity contribution in [3.05, 3.63) is 53.6 Å². The lowest BCUT2D eigenvalue weighted by Gasteiger charge is -2.27. The van der Waals surface area contributed by atoms with E-state index in [1.165, 1.54) is 18.2 Å². The van der Waals surface area contributed by atoms with Crippen molar-refractivity contribution in [2.75, 3.05) is 29.9 Å². The van der Waals surface area contributed by atoms with Gasteiger partial charge in [-0.1, -0.05) is 17.7 Å². The molecule has 0 aliphatic heterocycles. The molecule has 0 fully saturated rings. The number of hydrogen-bond acceptors (Lipinski definition) is 6. The monoisotopic (exact) mass is 481 g/mol. The van der Waals surface area contributed by atoms with Crippen LogP contribution in [0.15, 0.2) is 53.4 Å². The Hall–Kier alpha value is -2.62. The Labute approximate surface area is 193 Å². The van der Waals surface area contributed by atoms with Crippen molar-refractivity contribution in [3.8, 4) is 0 Å². The number of esters is 1. The highest BCUT2D eigenvalue weighted by atomic mass is 35.5. The molecule has 0 atom stereocenters. The second kappa shape index (κ2) is 11.8. The van der Waals surface area contributed by atoms with Crippen molar-refractivity contribution in [1.82, 2.24) is 4.72 Å². The fourth-order valence-corrected chi connectivity index (χ4v) is 4.33. The van der Waals surface area contributed by atoms with Gasteiger partial charge >= 0.3 is 5.97 Å². The third-order valence-corrected chi connectivity index (χ3v) is 6.23. The van der Waals surface area contributed by atoms with Crippen LogP contribution < -0.4 is 14.9 Å². The van der Waals surface area contributed by atoms with Crippen molar-refractivity contribution in [3.63, 3.8) is 0 Å². The summed E-state index contributed by atoms with van der Waals surface area (Å²) in [5.41, 5.74) is 1.64. The van der Waals surface area contributed by atoms with Crippen LogP contribution in [0.3, 0.4) is 0 Å². The fraction of sp³-hybridized carbons (Fsp3) is 0.364. The van der Waals surface area contributed by atoms with E-state index >= 15 is 0 Å². The lowest BCUT2D eigenvalue weighted by atomic mass is 10.2. The van der Waals surface area contributed by atoms with Crippen molar-refractivity contribution in [2.24, 2.45) is 0 Å². The quantitative estimate of drug-likeness (QED) is 0.476. The molecular weight excluding hydrogens is 454 g/mol. The molecule has 0 radical (unpaired) electrons. The van der Waals surface area contributed by atoms with E-state index in [9.17, 15) is 18.0 Å². The first-order valence-corrected chi connectivity index (χ1v) is 12.1. The molecular formula is C22H28ClN3O5S. The summed E-state index contributed by atoms with van der Waals surface area (Å²) in [6.07, 6.45) is -0.218. The van der Waals surface area contributed by atoms with Gasteiger partial charge in [-0.25, -0.2) is 13.1 Å². The van der Waals surface area contributed by atoms with E-state index in [0.29, 0.717) is 11.7 Å². The van der Waals surface area contributed by atoms with Gasteiger partial charge in [0.1, 0.15) is 0 Å². The number of sulfonamides is 1. The zero-order valence-corrected chi connectivity index (χ0v) is 19.9. The van der Waals surface area contributed by atoms with Gasteiger partial charge in [-0.3, -0.25) is 9.59 Å². The third kappa shape index (κ3) is 7.81. The predicted octanol–water partition coefficient (Wildman–Crippen LogP) is 3.43. The molecule has 174 valence electrons. The normalized spacial score (nSPS) is 11.3. The summed E-state index contributed by atoms with van der Waals surface area (Å²) in [6, 6.07) is 13.5. The first-order valence-electron chi connectivity index (χ1n) is 10.2. The Balaban J connectivity index is 1.75. The maximum atomic E-state index is 12.2. The van der Waals surface area contributed by atoms with Gasteiger partial charge < -0.3 is 15.0 Å². The van der Waals surface area contributed by atoms with Gasteiger partial charge in [0, 0.05) is 35.5 Å². The van der Waals surface area contributed by atoms with Gasteiger partial charge in [-0.05, 0) is 63.2 Å². The Kier molecular flexibility index (Phi) is 9.49. The average molecular weight is 482 g/mol. The molecule has 8 nitrogen and oxygen atoms in total. The van der Waals surface area contributed by atoms with Crippen LogP contribution in [0.2, 0.25) is 5.02 Å². The lowest BCUT2D eigenvalue weighted by Crippen LogP contribution is -2.30. The zero-order chi connectivity index (χ0) is 23.7. The number of nitrogens with one attached hydrogen (secondary N) is 2. The number of amides is 1. The number of carbonyl (C=O) groups is 2. The Morgan fingerprint density at radius 3 is 2.41 bits per heavy atom. The van der Waals surface area contributed by atoms with E-state index in [2.05, 4.69) is 35.7 Å². The van der Waals surface area contributed by atoms with E-state index in [4.69, 9.17) is 16.3 Å². The SMILES string of the molecule is CCN(c1ccc(NC(=O)COC(=O)CCNS(=O)(=O)c2cccc(Cl)c2)cc1)C(C)C. The first kappa shape index (κ1) is 25.6. The predicted molar refractivity (Wildman–Crippen MR) is 125 cm³/mol. The minimum atomic E-state index is -3.79. The van der Waals surface area contributed by atoms with Gasteiger partial charge in [0.15, 0.2) is 6.61 Å². The lowest BCUT2D eigenvalue weighted by molar-refractivity contribution is -0.147. The molecule has 0 spiro atoms. The maximum Gasteiger partial charge on any atom is 0.307 e. The number of halogens is 1. The number of benzene rings is 2. The minimum Gasteiger partial charge on any atom is -0.456 e. The molecule has 0 saturated carbocycles. The summed E-state index contributed by atoms with van der Waals surface area (Å²) >= 11 is 5.80. The van der Waals surface area contributed by atoms with E-state index in [-0.39, 0.29) is 22.9 Å². The first-order chi connectivity index (χ1) is 15.1. The highest BCUT2D eigenvalue weighted by Gasteiger charge is 2.15. The number of hydrogen-bond donors (Lipinski definition) is 2. The van der Waals surface area contributed by atoms with E-state index in [1.54, 1.807) is 18.2 Å². The van der Waals surface area contributed by atoms with Crippen LogP contribution in [0.25, 0.3) is 0 Å². The summed E-state index contributed by atoms with van der Waals surface area (Å²) in [6.45, 7) is 6.53. The number of carbonyl (C=O) groups excluding carboxylic acids is 2. The Bertz CT molecular complexity index is 1030. The molecule has 0 saturated heterocycles. The van der Waals surface area contributed by atoms with Crippen LogP contribution in [-0.2, 0) is 24.3 Å². The highest BCUT2D eigenvalue weighted by molar-refractivity contribution is 7.89. The molecule has 0 aliphatic carbocycles. The van der Waals surface area contributed by atoms with Crippen LogP contribution in [0.4, 0.5) is 11.4 Å². The van der Waals surface area contributed by atoms with E-state index < -0.39 is 28.5 Å². The molecule has 2 rings (SSSR count). The van der Waals surface area contributed by atoms with Gasteiger partial charge in [-0.15, -0.1) is 0 Å². The van der Waals surface area contributed by atoms with Gasteiger partial charge in [0.05, 0.1) is 11.3 Å². The van der Waals surface area contributed by atoms with Crippen LogP contribution in [-0.4, -0.2) is 46.0 Å². The molecule has 1 amide bonds. The van der Waals surface area contributed by atoms with Crippen LogP contribution in [0.5, 0.6) is 0 Å².